The maximum absolute atomic E-state index is 12.3. The number of thiophene rings is 1. The molecule has 0 saturated carbocycles. The van der Waals surface area contributed by atoms with Crippen LogP contribution < -0.4 is 10.6 Å². The van der Waals surface area contributed by atoms with Crippen LogP contribution in [0.2, 0.25) is 0 Å². The highest BCUT2D eigenvalue weighted by Crippen LogP contribution is 2.32. The van der Waals surface area contributed by atoms with Crippen molar-refractivity contribution in [2.24, 2.45) is 0 Å². The van der Waals surface area contributed by atoms with Gasteiger partial charge in [-0.3, -0.25) is 9.59 Å². The highest BCUT2D eigenvalue weighted by Gasteiger charge is 2.35. The van der Waals surface area contributed by atoms with Gasteiger partial charge in [-0.2, -0.15) is 24.5 Å². The van der Waals surface area contributed by atoms with Crippen LogP contribution in [0.3, 0.4) is 0 Å². The number of anilines is 1. The molecule has 0 aromatic carbocycles. The van der Waals surface area contributed by atoms with Crippen LogP contribution in [0, 0.1) is 0 Å². The number of hydrogen-bond donors (Lipinski definition) is 2. The Bertz CT molecular complexity index is 655. The zero-order valence-corrected chi connectivity index (χ0v) is 12.4. The van der Waals surface area contributed by atoms with E-state index < -0.39 is 17.1 Å². The van der Waals surface area contributed by atoms with E-state index in [1.807, 2.05) is 0 Å². The van der Waals surface area contributed by atoms with Crippen molar-refractivity contribution in [3.63, 3.8) is 0 Å². The summed E-state index contributed by atoms with van der Waals surface area (Å²) >= 11 is 1.61. The first-order valence-corrected chi connectivity index (χ1v) is 7.63. The largest absolute Gasteiger partial charge is 0.445 e. The van der Waals surface area contributed by atoms with Crippen molar-refractivity contribution in [2.45, 2.75) is 12.6 Å². The van der Waals surface area contributed by atoms with Crippen LogP contribution in [-0.2, 0) is 11.0 Å². The van der Waals surface area contributed by atoms with Crippen LogP contribution in [0.15, 0.2) is 16.8 Å². The molecule has 0 spiro atoms. The fourth-order valence-corrected chi connectivity index (χ4v) is 2.62. The molecule has 0 bridgehead atoms. The number of aromatic nitrogens is 2. The summed E-state index contributed by atoms with van der Waals surface area (Å²) in [5, 5.41) is 12.9. The summed E-state index contributed by atoms with van der Waals surface area (Å²) in [6.45, 7) is 0.0610. The molecule has 2 aromatic heterocycles. The average Bonchev–Trinajstić information content (AvgIpc) is 3.08. The number of hydrogen-bond acceptors (Lipinski definition) is 6. The molecule has 0 aliphatic rings. The van der Waals surface area contributed by atoms with Crippen LogP contribution >= 0.6 is 22.7 Å². The fourth-order valence-electron chi connectivity index (χ4n) is 1.36. The average molecular weight is 350 g/mol. The SMILES string of the molecule is O=C(CCNC(=O)c1ccsc1)Nc1nnc(C(F)(F)F)s1. The maximum Gasteiger partial charge on any atom is 0.445 e. The highest BCUT2D eigenvalue weighted by molar-refractivity contribution is 7.15. The lowest BCUT2D eigenvalue weighted by molar-refractivity contribution is -0.138. The minimum Gasteiger partial charge on any atom is -0.351 e. The summed E-state index contributed by atoms with van der Waals surface area (Å²) in [5.41, 5.74) is 0.490. The first-order chi connectivity index (χ1) is 10.4. The summed E-state index contributed by atoms with van der Waals surface area (Å²) in [5.74, 6) is -0.875. The molecule has 0 aliphatic heterocycles. The third-order valence-corrected chi connectivity index (χ3v) is 3.90. The Hall–Kier alpha value is -2.01. The maximum atomic E-state index is 12.3. The Morgan fingerprint density at radius 2 is 2.05 bits per heavy atom. The number of rotatable bonds is 5. The molecular weight excluding hydrogens is 341 g/mol. The van der Waals surface area contributed by atoms with E-state index in [2.05, 4.69) is 20.8 Å². The molecule has 11 heteroatoms. The first kappa shape index (κ1) is 16.4. The summed E-state index contributed by atoms with van der Waals surface area (Å²) < 4.78 is 36.9. The van der Waals surface area contributed by atoms with Crippen LogP contribution in [0.25, 0.3) is 0 Å². The summed E-state index contributed by atoms with van der Waals surface area (Å²) in [6.07, 6.45) is -4.67. The van der Waals surface area contributed by atoms with Gasteiger partial charge in [0.1, 0.15) is 0 Å². The lowest BCUT2D eigenvalue weighted by Gasteiger charge is -2.03. The van der Waals surface area contributed by atoms with Crippen molar-refractivity contribution in [2.75, 3.05) is 11.9 Å². The monoisotopic (exact) mass is 350 g/mol. The van der Waals surface area contributed by atoms with Gasteiger partial charge in [0, 0.05) is 23.9 Å². The Morgan fingerprint density at radius 1 is 1.27 bits per heavy atom. The minimum absolute atomic E-state index is 0.0610. The predicted octanol–water partition coefficient (Wildman–Crippen LogP) is 2.38. The summed E-state index contributed by atoms with van der Waals surface area (Å²) in [4.78, 5) is 23.1. The molecule has 2 amide bonds. The van der Waals surface area contributed by atoms with Crippen molar-refractivity contribution in [3.05, 3.63) is 27.4 Å². The number of nitrogens with one attached hydrogen (secondary N) is 2. The van der Waals surface area contributed by atoms with E-state index in [0.29, 0.717) is 5.56 Å². The number of carbonyl (C=O) groups is 2. The molecule has 2 heterocycles. The van der Waals surface area contributed by atoms with Gasteiger partial charge in [-0.1, -0.05) is 11.3 Å². The second-order valence-electron chi connectivity index (χ2n) is 3.98. The lowest BCUT2D eigenvalue weighted by atomic mass is 10.3. The molecule has 118 valence electrons. The predicted molar refractivity (Wildman–Crippen MR) is 74.8 cm³/mol. The zero-order chi connectivity index (χ0) is 16.2. The van der Waals surface area contributed by atoms with Crippen LogP contribution in [0.4, 0.5) is 18.3 Å². The smallest absolute Gasteiger partial charge is 0.351 e. The van der Waals surface area contributed by atoms with Crippen LogP contribution in [0.1, 0.15) is 21.8 Å². The Labute approximate surface area is 130 Å². The van der Waals surface area contributed by atoms with Gasteiger partial charge in [-0.05, 0) is 11.4 Å². The number of carbonyl (C=O) groups excluding carboxylic acids is 2. The third-order valence-electron chi connectivity index (χ3n) is 2.33. The minimum atomic E-state index is -4.59. The lowest BCUT2D eigenvalue weighted by Crippen LogP contribution is -2.27. The molecule has 2 rings (SSSR count). The third kappa shape index (κ3) is 4.49. The Morgan fingerprint density at radius 3 is 2.64 bits per heavy atom. The van der Waals surface area contributed by atoms with E-state index in [-0.39, 0.29) is 35.3 Å². The molecule has 0 radical (unpaired) electrons. The second kappa shape index (κ2) is 6.83. The van der Waals surface area contributed by atoms with E-state index in [4.69, 9.17) is 0 Å². The van der Waals surface area contributed by atoms with E-state index >= 15 is 0 Å². The molecule has 2 aromatic rings. The topological polar surface area (TPSA) is 84.0 Å². The normalized spacial score (nSPS) is 11.2. The van der Waals surface area contributed by atoms with Crippen LogP contribution in [0.5, 0.6) is 0 Å². The second-order valence-corrected chi connectivity index (χ2v) is 5.73. The highest BCUT2D eigenvalue weighted by atomic mass is 32.1. The van der Waals surface area contributed by atoms with Crippen molar-refractivity contribution >= 4 is 39.6 Å². The van der Waals surface area contributed by atoms with Gasteiger partial charge in [-0.25, -0.2) is 0 Å². The standard InChI is InChI=1S/C11H9F3N4O2S2/c12-11(13,14)9-17-18-10(22-9)16-7(19)1-3-15-8(20)6-2-4-21-5-6/h2,4-5H,1,3H2,(H,15,20)(H,16,18,19). The number of amides is 2. The molecule has 0 unspecified atom stereocenters. The van der Waals surface area contributed by atoms with Gasteiger partial charge < -0.3 is 10.6 Å². The van der Waals surface area contributed by atoms with E-state index in [1.165, 1.54) is 11.3 Å². The summed E-state index contributed by atoms with van der Waals surface area (Å²) in [7, 11) is 0. The first-order valence-electron chi connectivity index (χ1n) is 5.87. The molecule has 22 heavy (non-hydrogen) atoms. The molecule has 2 N–H and O–H groups in total. The molecule has 6 nitrogen and oxygen atoms in total. The molecule has 0 atom stereocenters. The number of halogens is 3. The fraction of sp³-hybridized carbons (Fsp3) is 0.273. The van der Waals surface area contributed by atoms with Gasteiger partial charge in [-0.15, -0.1) is 10.2 Å². The quantitative estimate of drug-likeness (QED) is 0.867. The molecule has 0 saturated heterocycles. The van der Waals surface area contributed by atoms with Crippen molar-refractivity contribution < 1.29 is 22.8 Å². The molecular formula is C11H9F3N4O2S2. The van der Waals surface area contributed by atoms with Crippen molar-refractivity contribution in [3.8, 4) is 0 Å². The zero-order valence-electron chi connectivity index (χ0n) is 10.8. The molecule has 0 aliphatic carbocycles. The van der Waals surface area contributed by atoms with E-state index in [9.17, 15) is 22.8 Å². The van der Waals surface area contributed by atoms with Gasteiger partial charge in [0.25, 0.3) is 5.91 Å². The van der Waals surface area contributed by atoms with E-state index in [0.717, 1.165) is 0 Å². The van der Waals surface area contributed by atoms with E-state index in [1.54, 1.807) is 16.8 Å². The number of alkyl halides is 3. The Kier molecular flexibility index (Phi) is 5.08. The van der Waals surface area contributed by atoms with Crippen molar-refractivity contribution in [1.82, 2.24) is 15.5 Å². The Balaban J connectivity index is 1.76. The van der Waals surface area contributed by atoms with Gasteiger partial charge in [0.15, 0.2) is 0 Å². The van der Waals surface area contributed by atoms with Gasteiger partial charge in [0.05, 0.1) is 0 Å². The van der Waals surface area contributed by atoms with Gasteiger partial charge >= 0.3 is 6.18 Å². The molecule has 0 fully saturated rings. The van der Waals surface area contributed by atoms with Crippen molar-refractivity contribution in [1.29, 1.82) is 0 Å². The summed E-state index contributed by atoms with van der Waals surface area (Å²) in [6, 6.07) is 1.64. The number of nitrogens with zero attached hydrogens (tertiary/aromatic N) is 2. The van der Waals surface area contributed by atoms with Gasteiger partial charge in [0.2, 0.25) is 16.0 Å². The van der Waals surface area contributed by atoms with Crippen LogP contribution in [-0.4, -0.2) is 28.6 Å².